The number of carbonyl (C=O) groups excluding carboxylic acids is 2. The molecule has 0 bridgehead atoms. The van der Waals surface area contributed by atoms with E-state index < -0.39 is 11.5 Å². The van der Waals surface area contributed by atoms with Gasteiger partial charge in [-0.15, -0.1) is 0 Å². The van der Waals surface area contributed by atoms with Crippen molar-refractivity contribution >= 4 is 18.0 Å². The number of esters is 1. The Kier molecular flexibility index (Phi) is 3.45. The summed E-state index contributed by atoms with van der Waals surface area (Å²) in [5.74, 6) is -0.517. The summed E-state index contributed by atoms with van der Waals surface area (Å²) in [7, 11) is 0. The van der Waals surface area contributed by atoms with Gasteiger partial charge in [-0.1, -0.05) is 19.3 Å². The lowest BCUT2D eigenvalue weighted by Crippen LogP contribution is -2.48. The molecule has 0 radical (unpaired) electrons. The first kappa shape index (κ1) is 12.1. The molecule has 0 saturated heterocycles. The van der Waals surface area contributed by atoms with Crippen LogP contribution in [-0.4, -0.2) is 30.1 Å². The third-order valence-electron chi connectivity index (χ3n) is 3.61. The fraction of sp³-hybridized carbons (Fsp3) is 0.750. The van der Waals surface area contributed by atoms with Crippen LogP contribution < -0.4 is 5.43 Å². The van der Waals surface area contributed by atoms with E-state index in [-0.39, 0.29) is 5.92 Å². The van der Waals surface area contributed by atoms with Crippen molar-refractivity contribution in [1.29, 1.82) is 0 Å². The zero-order valence-corrected chi connectivity index (χ0v) is 10.1. The minimum absolute atomic E-state index is 0.124. The average molecular weight is 238 g/mol. The van der Waals surface area contributed by atoms with Crippen LogP contribution in [0.25, 0.3) is 0 Å². The first-order valence-corrected chi connectivity index (χ1v) is 6.21. The number of nitrogens with one attached hydrogen (secondary N) is 1. The summed E-state index contributed by atoms with van der Waals surface area (Å²) in [5.41, 5.74) is 2.59. The van der Waals surface area contributed by atoms with Crippen LogP contribution in [0.1, 0.15) is 39.0 Å². The Morgan fingerprint density at radius 2 is 2.41 bits per heavy atom. The van der Waals surface area contributed by atoms with E-state index in [0.717, 1.165) is 38.4 Å². The highest BCUT2D eigenvalue weighted by atomic mass is 16.5. The number of hydrazone groups is 1. The van der Waals surface area contributed by atoms with Crippen molar-refractivity contribution < 1.29 is 14.3 Å². The maximum absolute atomic E-state index is 11.8. The molecule has 1 fully saturated rings. The molecule has 5 heteroatoms. The predicted molar refractivity (Wildman–Crippen MR) is 62.6 cm³/mol. The zero-order chi connectivity index (χ0) is 12.3. The molecule has 0 aromatic rings. The van der Waals surface area contributed by atoms with Gasteiger partial charge in [-0.25, -0.2) is 4.79 Å². The van der Waals surface area contributed by atoms with E-state index in [1.54, 1.807) is 6.92 Å². The van der Waals surface area contributed by atoms with Gasteiger partial charge in [0.05, 0.1) is 6.61 Å². The minimum Gasteiger partial charge on any atom is -0.461 e. The molecule has 2 aliphatic rings. The SMILES string of the molecule is CCOC(=O)C1=NN[C@]2(C=O)CCCCC[C@H]12. The Labute approximate surface area is 101 Å². The summed E-state index contributed by atoms with van der Waals surface area (Å²) in [6.07, 6.45) is 5.60. The van der Waals surface area contributed by atoms with Gasteiger partial charge >= 0.3 is 5.97 Å². The smallest absolute Gasteiger partial charge is 0.354 e. The van der Waals surface area contributed by atoms with Gasteiger partial charge in [0.1, 0.15) is 11.8 Å². The number of carbonyl (C=O) groups is 2. The van der Waals surface area contributed by atoms with E-state index in [1.807, 2.05) is 0 Å². The molecule has 0 aromatic heterocycles. The lowest BCUT2D eigenvalue weighted by atomic mass is 9.80. The lowest BCUT2D eigenvalue weighted by Gasteiger charge is -2.27. The van der Waals surface area contributed by atoms with E-state index in [2.05, 4.69) is 10.5 Å². The van der Waals surface area contributed by atoms with Crippen LogP contribution in [0.4, 0.5) is 0 Å². The number of rotatable bonds is 3. The molecule has 2 atom stereocenters. The third-order valence-corrected chi connectivity index (χ3v) is 3.61. The largest absolute Gasteiger partial charge is 0.461 e. The molecule has 0 spiro atoms. The van der Waals surface area contributed by atoms with Gasteiger partial charge < -0.3 is 9.53 Å². The van der Waals surface area contributed by atoms with Crippen molar-refractivity contribution in [2.45, 2.75) is 44.6 Å². The molecule has 0 amide bonds. The highest BCUT2D eigenvalue weighted by Gasteiger charge is 2.48. The molecule has 1 aliphatic heterocycles. The van der Waals surface area contributed by atoms with Crippen LogP contribution in [0.15, 0.2) is 5.10 Å². The number of hydrogen-bond acceptors (Lipinski definition) is 5. The predicted octanol–water partition coefficient (Wildman–Crippen LogP) is 1.03. The Morgan fingerprint density at radius 1 is 1.59 bits per heavy atom. The normalized spacial score (nSPS) is 31.8. The zero-order valence-electron chi connectivity index (χ0n) is 10.1. The van der Waals surface area contributed by atoms with Gasteiger partial charge in [-0.3, -0.25) is 5.43 Å². The van der Waals surface area contributed by atoms with E-state index in [9.17, 15) is 9.59 Å². The Morgan fingerprint density at radius 3 is 3.12 bits per heavy atom. The molecule has 0 aromatic carbocycles. The van der Waals surface area contributed by atoms with Gasteiger partial charge in [0, 0.05) is 5.92 Å². The Balaban J connectivity index is 2.21. The highest BCUT2D eigenvalue weighted by Crippen LogP contribution is 2.35. The van der Waals surface area contributed by atoms with Crippen molar-refractivity contribution in [3.63, 3.8) is 0 Å². The Bertz CT molecular complexity index is 354. The summed E-state index contributed by atoms with van der Waals surface area (Å²) in [4.78, 5) is 23.1. The monoisotopic (exact) mass is 238 g/mol. The molecule has 94 valence electrons. The van der Waals surface area contributed by atoms with E-state index >= 15 is 0 Å². The maximum Gasteiger partial charge on any atom is 0.354 e. The van der Waals surface area contributed by atoms with Crippen LogP contribution in [0.5, 0.6) is 0 Å². The Hall–Kier alpha value is -1.39. The summed E-state index contributed by atoms with van der Waals surface area (Å²) in [6, 6.07) is 0. The topological polar surface area (TPSA) is 67.8 Å². The highest BCUT2D eigenvalue weighted by molar-refractivity contribution is 6.38. The number of fused-ring (bicyclic) bond motifs is 1. The number of ether oxygens (including phenoxy) is 1. The van der Waals surface area contributed by atoms with Gasteiger partial charge in [0.2, 0.25) is 0 Å². The van der Waals surface area contributed by atoms with Crippen molar-refractivity contribution in [3.8, 4) is 0 Å². The third kappa shape index (κ3) is 2.06. The standard InChI is InChI=1S/C12H18N2O3/c1-2-17-11(16)10-9-6-4-3-5-7-12(9,8-15)14-13-10/h8-9,14H,2-7H2,1H3/t9-,12+/m1/s1. The molecule has 1 N–H and O–H groups in total. The molecule has 17 heavy (non-hydrogen) atoms. The average Bonchev–Trinajstić information content (AvgIpc) is 2.56. The minimum atomic E-state index is -0.668. The molecule has 0 unspecified atom stereocenters. The number of hydrogen-bond donors (Lipinski definition) is 1. The molecule has 1 aliphatic carbocycles. The fourth-order valence-corrected chi connectivity index (χ4v) is 2.69. The molecule has 1 saturated carbocycles. The second-order valence-electron chi connectivity index (χ2n) is 4.64. The van der Waals surface area contributed by atoms with E-state index in [1.165, 1.54) is 0 Å². The summed E-state index contributed by atoms with van der Waals surface area (Å²) >= 11 is 0. The van der Waals surface area contributed by atoms with Crippen molar-refractivity contribution in [2.75, 3.05) is 6.61 Å². The molecular formula is C12H18N2O3. The fourth-order valence-electron chi connectivity index (χ4n) is 2.69. The molecule has 5 nitrogen and oxygen atoms in total. The van der Waals surface area contributed by atoms with Gasteiger partial charge in [-0.05, 0) is 19.8 Å². The van der Waals surface area contributed by atoms with Crippen molar-refractivity contribution in [2.24, 2.45) is 11.0 Å². The molecule has 2 rings (SSSR count). The second kappa shape index (κ2) is 4.85. The van der Waals surface area contributed by atoms with Crippen LogP contribution in [0, 0.1) is 5.92 Å². The summed E-state index contributed by atoms with van der Waals surface area (Å²) in [6.45, 7) is 2.10. The van der Waals surface area contributed by atoms with E-state index in [0.29, 0.717) is 12.3 Å². The van der Waals surface area contributed by atoms with Crippen LogP contribution >= 0.6 is 0 Å². The van der Waals surface area contributed by atoms with Crippen molar-refractivity contribution in [3.05, 3.63) is 0 Å². The first-order chi connectivity index (χ1) is 8.23. The van der Waals surface area contributed by atoms with E-state index in [4.69, 9.17) is 4.74 Å². The van der Waals surface area contributed by atoms with Crippen LogP contribution in [0.3, 0.4) is 0 Å². The maximum atomic E-state index is 11.8. The van der Waals surface area contributed by atoms with Gasteiger partial charge in [0.15, 0.2) is 5.71 Å². The van der Waals surface area contributed by atoms with Crippen LogP contribution in [0.2, 0.25) is 0 Å². The second-order valence-corrected chi connectivity index (χ2v) is 4.64. The molecular weight excluding hydrogens is 220 g/mol. The number of nitrogens with zero attached hydrogens (tertiary/aromatic N) is 1. The summed E-state index contributed by atoms with van der Waals surface area (Å²) < 4.78 is 4.98. The number of aldehydes is 1. The van der Waals surface area contributed by atoms with Crippen molar-refractivity contribution in [1.82, 2.24) is 5.43 Å². The van der Waals surface area contributed by atoms with Gasteiger partial charge in [0.25, 0.3) is 0 Å². The lowest BCUT2D eigenvalue weighted by molar-refractivity contribution is -0.135. The van der Waals surface area contributed by atoms with Gasteiger partial charge in [-0.2, -0.15) is 5.10 Å². The summed E-state index contributed by atoms with van der Waals surface area (Å²) in [5, 5.41) is 4.04. The van der Waals surface area contributed by atoms with Crippen LogP contribution in [-0.2, 0) is 14.3 Å². The quantitative estimate of drug-likeness (QED) is 0.589. The molecule has 1 heterocycles. The first-order valence-electron chi connectivity index (χ1n) is 6.21.